The summed E-state index contributed by atoms with van der Waals surface area (Å²) in [5.41, 5.74) is 5.06. The van der Waals surface area contributed by atoms with Crippen LogP contribution in [0.3, 0.4) is 0 Å². The molecule has 0 spiro atoms. The van der Waals surface area contributed by atoms with E-state index in [1.54, 1.807) is 4.90 Å². The molecule has 0 radical (unpaired) electrons. The molecule has 20 heteroatoms. The van der Waals surface area contributed by atoms with E-state index in [0.717, 1.165) is 36.3 Å². The molecular formula is C45H66N8O12. The topological polar surface area (TPSA) is 212 Å². The minimum absolute atomic E-state index is 0.0454. The number of fused-ring (bicyclic) bond motifs is 8. The van der Waals surface area contributed by atoms with E-state index in [1.165, 1.54) is 9.96 Å². The fraction of sp³-hybridized carbons (Fsp3) is 0.733. The smallest absolute Gasteiger partial charge is 0.410 e. The maximum Gasteiger partial charge on any atom is 0.410 e. The van der Waals surface area contributed by atoms with Crippen molar-refractivity contribution in [3.63, 3.8) is 0 Å². The van der Waals surface area contributed by atoms with Crippen molar-refractivity contribution in [2.24, 2.45) is 0 Å². The molecule has 8 aliphatic heterocycles. The van der Waals surface area contributed by atoms with Gasteiger partial charge in [0.15, 0.2) is 0 Å². The average molecular weight is 911 g/mol. The molecule has 65 heavy (non-hydrogen) atoms. The molecule has 20 nitrogen and oxygen atoms in total. The highest BCUT2D eigenvalue weighted by Gasteiger charge is 2.51. The first-order chi connectivity index (χ1) is 30.8. The maximum atomic E-state index is 13.0. The molecule has 8 fully saturated rings. The highest BCUT2D eigenvalue weighted by Crippen LogP contribution is 2.40. The van der Waals surface area contributed by atoms with Gasteiger partial charge in [0.25, 0.3) is 11.8 Å². The van der Waals surface area contributed by atoms with E-state index in [9.17, 15) is 34.0 Å². The van der Waals surface area contributed by atoms with Gasteiger partial charge in [0.05, 0.1) is 24.3 Å². The molecule has 0 saturated carbocycles. The molecule has 0 aliphatic carbocycles. The number of ether oxygens (including phenoxy) is 2. The number of rotatable bonds is 9. The number of carbonyl (C=O) groups excluding carboxylic acids is 6. The summed E-state index contributed by atoms with van der Waals surface area (Å²) in [6.45, 7) is 12.3. The molecule has 8 amide bonds. The van der Waals surface area contributed by atoms with Gasteiger partial charge in [0.2, 0.25) is 0 Å². The molecular weight excluding hydrogens is 845 g/mol. The van der Waals surface area contributed by atoms with E-state index < -0.39 is 29.3 Å². The Kier molecular flexibility index (Phi) is 13.4. The zero-order valence-corrected chi connectivity index (χ0v) is 38.4. The van der Waals surface area contributed by atoms with E-state index in [1.807, 2.05) is 81.7 Å². The number of nitrogens with one attached hydrogen (secondary N) is 2. The molecule has 9 rings (SSSR count). The maximum absolute atomic E-state index is 13.0. The highest BCUT2D eigenvalue weighted by molar-refractivity contribution is 5.88. The van der Waals surface area contributed by atoms with Crippen LogP contribution in [0, 0.1) is 0 Å². The van der Waals surface area contributed by atoms with Crippen molar-refractivity contribution in [3.05, 3.63) is 35.9 Å². The number of hydroxylamine groups is 6. The number of nitrogens with zero attached hydrogens (tertiary/aromatic N) is 6. The molecule has 3 N–H and O–H groups in total. The Morgan fingerprint density at radius 1 is 0.600 bits per heavy atom. The van der Waals surface area contributed by atoms with Crippen LogP contribution in [0.5, 0.6) is 0 Å². The second-order valence-corrected chi connectivity index (χ2v) is 20.7. The summed E-state index contributed by atoms with van der Waals surface area (Å²) in [6, 6.07) is 7.56. The van der Waals surface area contributed by atoms with E-state index in [0.29, 0.717) is 71.1 Å². The summed E-state index contributed by atoms with van der Waals surface area (Å²) < 4.78 is 11.1. The number of hydrogen-bond acceptors (Lipinski definition) is 12. The van der Waals surface area contributed by atoms with Gasteiger partial charge in [-0.2, -0.15) is 5.06 Å². The molecule has 8 aliphatic rings. The zero-order valence-electron chi connectivity index (χ0n) is 38.4. The molecule has 8 bridgehead atoms. The summed E-state index contributed by atoms with van der Waals surface area (Å²) in [5.74, 6) is -0.678. The molecule has 0 aromatic heterocycles. The standard InChI is InChI=1S/C26H36N4O6.C19H30N4O6/c1-26(2,3)35-25(33)29-18-9-10-19(29)14-21(13-18)36-27-23(31)22-12-11-20-15-28(22)24(32)30(20)34-16-17-7-5-4-6-8-17;1-19(2,3)28-18(26)22-11-4-5-12(22)9-14(8-11)29-20-16(24)15-7-6-13-10-21(15)17(25)23(13)27/h4-8,18-22H,9-16H2,1-3H3,(H,27,31);11-15,27H,4-10H2,1-3H3,(H,20,24)/t18?,19?,20-,21?,22+;11?,12?,13-,14?,15+/m11/s1. The van der Waals surface area contributed by atoms with Crippen LogP contribution >= 0.6 is 0 Å². The Bertz CT molecular complexity index is 1920. The normalized spacial score (nSPS) is 31.4. The van der Waals surface area contributed by atoms with Crippen LogP contribution in [-0.4, -0.2) is 156 Å². The van der Waals surface area contributed by atoms with Crippen molar-refractivity contribution >= 4 is 36.1 Å². The van der Waals surface area contributed by atoms with E-state index in [-0.39, 0.29) is 78.5 Å². The van der Waals surface area contributed by atoms with Crippen molar-refractivity contribution in [2.75, 3.05) is 13.1 Å². The van der Waals surface area contributed by atoms with Gasteiger partial charge in [-0.1, -0.05) is 30.3 Å². The summed E-state index contributed by atoms with van der Waals surface area (Å²) in [5, 5.41) is 11.9. The molecule has 358 valence electrons. The monoisotopic (exact) mass is 910 g/mol. The number of amides is 8. The zero-order chi connectivity index (χ0) is 46.4. The Morgan fingerprint density at radius 3 is 1.48 bits per heavy atom. The lowest BCUT2D eigenvalue weighted by Crippen LogP contribution is -2.53. The van der Waals surface area contributed by atoms with Crippen LogP contribution in [0.2, 0.25) is 0 Å². The van der Waals surface area contributed by atoms with Gasteiger partial charge < -0.3 is 29.1 Å². The Morgan fingerprint density at radius 2 is 1.02 bits per heavy atom. The molecule has 1 aromatic carbocycles. The summed E-state index contributed by atoms with van der Waals surface area (Å²) >= 11 is 0. The lowest BCUT2D eigenvalue weighted by molar-refractivity contribution is -0.148. The van der Waals surface area contributed by atoms with E-state index in [4.69, 9.17) is 24.0 Å². The molecule has 8 heterocycles. The van der Waals surface area contributed by atoms with Crippen molar-refractivity contribution in [1.29, 1.82) is 0 Å². The largest absolute Gasteiger partial charge is 0.444 e. The average Bonchev–Trinajstić information content (AvgIpc) is 3.86. The van der Waals surface area contributed by atoms with E-state index in [2.05, 4.69) is 11.0 Å². The highest BCUT2D eigenvalue weighted by atomic mass is 16.7. The van der Waals surface area contributed by atoms with Gasteiger partial charge in [-0.15, -0.1) is 0 Å². The minimum Gasteiger partial charge on any atom is -0.444 e. The Labute approximate surface area is 379 Å². The Hall–Kier alpha value is -4.92. The summed E-state index contributed by atoms with van der Waals surface area (Å²) in [7, 11) is 0. The van der Waals surface area contributed by atoms with Crippen LogP contribution in [-0.2, 0) is 40.2 Å². The lowest BCUT2D eigenvalue weighted by atomic mass is 10.00. The third-order valence-electron chi connectivity index (χ3n) is 13.7. The van der Waals surface area contributed by atoms with Gasteiger partial charge in [0, 0.05) is 37.3 Å². The molecule has 4 unspecified atom stereocenters. The summed E-state index contributed by atoms with van der Waals surface area (Å²) in [6.07, 6.45) is 7.55. The number of carbonyl (C=O) groups is 6. The second-order valence-electron chi connectivity index (χ2n) is 20.7. The van der Waals surface area contributed by atoms with Gasteiger partial charge in [0.1, 0.15) is 29.9 Å². The van der Waals surface area contributed by atoms with E-state index >= 15 is 0 Å². The first-order valence-corrected chi connectivity index (χ1v) is 23.3. The number of urea groups is 2. The van der Waals surface area contributed by atoms with Crippen molar-refractivity contribution in [3.8, 4) is 0 Å². The number of benzene rings is 1. The number of hydrogen-bond donors (Lipinski definition) is 3. The molecule has 8 saturated heterocycles. The number of piperidine rings is 4. The quantitative estimate of drug-likeness (QED) is 0.221. The van der Waals surface area contributed by atoms with Crippen LogP contribution < -0.4 is 11.0 Å². The van der Waals surface area contributed by atoms with Gasteiger partial charge in [-0.05, 0) is 124 Å². The lowest BCUT2D eigenvalue weighted by Gasteiger charge is -2.39. The van der Waals surface area contributed by atoms with Crippen LogP contribution in [0.4, 0.5) is 19.2 Å². The minimum atomic E-state index is -0.630. The third-order valence-corrected chi connectivity index (χ3v) is 13.7. The van der Waals surface area contributed by atoms with Crippen molar-refractivity contribution in [1.82, 2.24) is 40.7 Å². The molecule has 8 atom stereocenters. The SMILES string of the molecule is CC(C)(C)OC(=O)N1C2CCC1CC(ONC(=O)[C@@H]1CC[C@@H]3CN1C(=O)N3O)C2.CC(C)(C)OC(=O)N1C2CCC1CC(ONC(=O)[C@@H]1CC[C@@H]3CN1C(=O)N3OCc1ccccc1)C2. The van der Waals surface area contributed by atoms with Crippen molar-refractivity contribution in [2.45, 2.75) is 197 Å². The van der Waals surface area contributed by atoms with Gasteiger partial charge in [-0.3, -0.25) is 29.3 Å². The predicted molar refractivity (Wildman–Crippen MR) is 229 cm³/mol. The predicted octanol–water partition coefficient (Wildman–Crippen LogP) is 4.99. The van der Waals surface area contributed by atoms with Gasteiger partial charge in [-0.25, -0.2) is 35.2 Å². The fourth-order valence-corrected chi connectivity index (χ4v) is 10.8. The van der Waals surface area contributed by atoms with Gasteiger partial charge >= 0.3 is 24.2 Å². The first-order valence-electron chi connectivity index (χ1n) is 23.3. The van der Waals surface area contributed by atoms with Crippen LogP contribution in [0.15, 0.2) is 30.3 Å². The van der Waals surface area contributed by atoms with Crippen molar-refractivity contribution < 1.29 is 58.0 Å². The first kappa shape index (κ1) is 46.6. The summed E-state index contributed by atoms with van der Waals surface area (Å²) in [4.78, 5) is 99.7. The molecule has 1 aromatic rings. The van der Waals surface area contributed by atoms with Crippen LogP contribution in [0.1, 0.15) is 124 Å². The fourth-order valence-electron chi connectivity index (χ4n) is 10.8. The Balaban J connectivity index is 0.000000181. The third kappa shape index (κ3) is 10.4. The van der Waals surface area contributed by atoms with Crippen LogP contribution in [0.25, 0.3) is 0 Å². The second kappa shape index (κ2) is 18.8.